The Morgan fingerprint density at radius 3 is 2.25 bits per heavy atom. The zero-order valence-electron chi connectivity index (χ0n) is 8.16. The molecule has 0 saturated heterocycles. The molecule has 0 amide bonds. The number of aliphatic hydroxyl groups excluding tert-OH is 2. The molecule has 3 heteroatoms. The quantitative estimate of drug-likeness (QED) is 0.629. The van der Waals surface area contributed by atoms with Crippen molar-refractivity contribution in [3.8, 4) is 0 Å². The average Bonchev–Trinajstić information content (AvgIpc) is 2.04. The Labute approximate surface area is 74.4 Å². The summed E-state index contributed by atoms with van der Waals surface area (Å²) in [6, 6.07) is 0. The highest BCUT2D eigenvalue weighted by Crippen LogP contribution is 2.11. The van der Waals surface area contributed by atoms with Gasteiger partial charge in [0.2, 0.25) is 0 Å². The minimum Gasteiger partial charge on any atom is -0.394 e. The Bertz CT molecular complexity index is 104. The van der Waals surface area contributed by atoms with E-state index in [-0.39, 0.29) is 18.6 Å². The van der Waals surface area contributed by atoms with Crippen molar-refractivity contribution in [3.63, 3.8) is 0 Å². The van der Waals surface area contributed by atoms with Crippen LogP contribution in [-0.2, 0) is 4.74 Å². The molecule has 0 spiro atoms. The summed E-state index contributed by atoms with van der Waals surface area (Å²) in [6.07, 6.45) is -0.0621. The van der Waals surface area contributed by atoms with Crippen molar-refractivity contribution in [1.29, 1.82) is 0 Å². The van der Waals surface area contributed by atoms with E-state index in [9.17, 15) is 5.11 Å². The van der Waals surface area contributed by atoms with Gasteiger partial charge in [-0.2, -0.15) is 0 Å². The molecular formula is C9H20O3. The molecule has 0 rings (SSSR count). The largest absolute Gasteiger partial charge is 0.394 e. The second-order valence-electron chi connectivity index (χ2n) is 3.33. The third kappa shape index (κ3) is 4.04. The van der Waals surface area contributed by atoms with Gasteiger partial charge >= 0.3 is 0 Å². The van der Waals surface area contributed by atoms with Gasteiger partial charge in [-0.05, 0) is 12.3 Å². The van der Waals surface area contributed by atoms with Gasteiger partial charge in [-0.25, -0.2) is 0 Å². The lowest BCUT2D eigenvalue weighted by molar-refractivity contribution is -0.0785. The summed E-state index contributed by atoms with van der Waals surface area (Å²) in [5.74, 6) is 0.235. The monoisotopic (exact) mass is 176 g/mol. The molecule has 2 atom stereocenters. The summed E-state index contributed by atoms with van der Waals surface area (Å²) in [6.45, 7) is 6.37. The van der Waals surface area contributed by atoms with Gasteiger partial charge in [0.15, 0.2) is 0 Å². The fourth-order valence-electron chi connectivity index (χ4n) is 1.11. The molecule has 0 saturated carbocycles. The van der Waals surface area contributed by atoms with Crippen molar-refractivity contribution in [2.45, 2.75) is 39.4 Å². The second-order valence-corrected chi connectivity index (χ2v) is 3.33. The van der Waals surface area contributed by atoms with E-state index in [1.807, 2.05) is 20.8 Å². The molecule has 0 aliphatic carbocycles. The molecule has 0 aliphatic rings. The number of hydrogen-bond acceptors (Lipinski definition) is 3. The Balaban J connectivity index is 3.85. The summed E-state index contributed by atoms with van der Waals surface area (Å²) >= 11 is 0. The molecule has 0 radical (unpaired) electrons. The van der Waals surface area contributed by atoms with Crippen LogP contribution in [0.15, 0.2) is 0 Å². The van der Waals surface area contributed by atoms with E-state index in [0.717, 1.165) is 6.42 Å². The summed E-state index contributed by atoms with van der Waals surface area (Å²) in [4.78, 5) is 0. The van der Waals surface area contributed by atoms with Crippen LogP contribution >= 0.6 is 0 Å². The summed E-state index contributed by atoms with van der Waals surface area (Å²) in [5.41, 5.74) is 0. The summed E-state index contributed by atoms with van der Waals surface area (Å²) < 4.78 is 5.40. The Morgan fingerprint density at radius 1 is 1.33 bits per heavy atom. The molecule has 0 bridgehead atoms. The van der Waals surface area contributed by atoms with Crippen molar-refractivity contribution < 1.29 is 14.9 Å². The van der Waals surface area contributed by atoms with Gasteiger partial charge in [0.1, 0.15) is 6.10 Å². The second kappa shape index (κ2) is 6.40. The van der Waals surface area contributed by atoms with E-state index in [1.54, 1.807) is 0 Å². The first-order valence-corrected chi connectivity index (χ1v) is 4.54. The van der Waals surface area contributed by atoms with Crippen molar-refractivity contribution in [2.75, 3.05) is 13.2 Å². The number of rotatable bonds is 6. The van der Waals surface area contributed by atoms with Crippen LogP contribution in [-0.4, -0.2) is 35.6 Å². The molecule has 0 aromatic rings. The van der Waals surface area contributed by atoms with Crippen LogP contribution in [0, 0.1) is 5.92 Å². The van der Waals surface area contributed by atoms with Crippen molar-refractivity contribution in [2.24, 2.45) is 5.92 Å². The molecule has 3 nitrogen and oxygen atoms in total. The SMILES string of the molecule is CCCOC(C(C)C)[C@@H](O)CO. The Kier molecular flexibility index (Phi) is 6.34. The van der Waals surface area contributed by atoms with E-state index < -0.39 is 6.10 Å². The first-order valence-electron chi connectivity index (χ1n) is 4.54. The van der Waals surface area contributed by atoms with Crippen molar-refractivity contribution in [3.05, 3.63) is 0 Å². The fraction of sp³-hybridized carbons (Fsp3) is 1.00. The standard InChI is InChI=1S/C9H20O3/c1-4-5-12-9(7(2)3)8(11)6-10/h7-11H,4-6H2,1-3H3/t8-,9?/m0/s1. The number of aliphatic hydroxyl groups is 2. The zero-order chi connectivity index (χ0) is 9.56. The van der Waals surface area contributed by atoms with Gasteiger partial charge in [0.25, 0.3) is 0 Å². The van der Waals surface area contributed by atoms with E-state index in [4.69, 9.17) is 9.84 Å². The van der Waals surface area contributed by atoms with Gasteiger partial charge in [-0.3, -0.25) is 0 Å². The predicted molar refractivity (Wildman–Crippen MR) is 48.0 cm³/mol. The van der Waals surface area contributed by atoms with E-state index in [1.165, 1.54) is 0 Å². The topological polar surface area (TPSA) is 49.7 Å². The molecule has 0 aliphatic heterocycles. The number of ether oxygens (including phenoxy) is 1. The van der Waals surface area contributed by atoms with Crippen LogP contribution in [0.5, 0.6) is 0 Å². The van der Waals surface area contributed by atoms with E-state index in [0.29, 0.717) is 6.61 Å². The molecule has 0 fully saturated rings. The Hall–Kier alpha value is -0.120. The van der Waals surface area contributed by atoms with Gasteiger partial charge in [-0.1, -0.05) is 20.8 Å². The smallest absolute Gasteiger partial charge is 0.103 e. The van der Waals surface area contributed by atoms with E-state index in [2.05, 4.69) is 0 Å². The lowest BCUT2D eigenvalue weighted by Gasteiger charge is -2.25. The molecule has 12 heavy (non-hydrogen) atoms. The highest BCUT2D eigenvalue weighted by molar-refractivity contribution is 4.71. The Morgan fingerprint density at radius 2 is 1.92 bits per heavy atom. The maximum absolute atomic E-state index is 9.34. The van der Waals surface area contributed by atoms with Gasteiger partial charge in [0, 0.05) is 6.61 Å². The van der Waals surface area contributed by atoms with Crippen LogP contribution in [0.2, 0.25) is 0 Å². The summed E-state index contributed by atoms with van der Waals surface area (Å²) in [7, 11) is 0. The lowest BCUT2D eigenvalue weighted by Crippen LogP contribution is -2.36. The highest BCUT2D eigenvalue weighted by atomic mass is 16.5. The van der Waals surface area contributed by atoms with Crippen molar-refractivity contribution in [1.82, 2.24) is 0 Å². The van der Waals surface area contributed by atoms with Crippen LogP contribution in [0.4, 0.5) is 0 Å². The molecule has 1 unspecified atom stereocenters. The van der Waals surface area contributed by atoms with Gasteiger partial charge in [0.05, 0.1) is 12.7 Å². The van der Waals surface area contributed by atoms with Crippen LogP contribution < -0.4 is 0 Å². The maximum atomic E-state index is 9.34. The number of hydrogen-bond donors (Lipinski definition) is 2. The van der Waals surface area contributed by atoms with Crippen molar-refractivity contribution >= 4 is 0 Å². The third-order valence-corrected chi connectivity index (χ3v) is 1.74. The van der Waals surface area contributed by atoms with Gasteiger partial charge < -0.3 is 14.9 Å². The first-order chi connectivity index (χ1) is 5.63. The lowest BCUT2D eigenvalue weighted by atomic mass is 10.0. The average molecular weight is 176 g/mol. The maximum Gasteiger partial charge on any atom is 0.103 e. The molecule has 0 aromatic heterocycles. The molecule has 0 aromatic carbocycles. The highest BCUT2D eigenvalue weighted by Gasteiger charge is 2.21. The predicted octanol–water partition coefficient (Wildman–Crippen LogP) is 0.791. The summed E-state index contributed by atoms with van der Waals surface area (Å²) in [5, 5.41) is 18.1. The van der Waals surface area contributed by atoms with Crippen LogP contribution in [0.3, 0.4) is 0 Å². The van der Waals surface area contributed by atoms with E-state index >= 15 is 0 Å². The molecular weight excluding hydrogens is 156 g/mol. The molecule has 2 N–H and O–H groups in total. The zero-order valence-corrected chi connectivity index (χ0v) is 8.16. The van der Waals surface area contributed by atoms with Gasteiger partial charge in [-0.15, -0.1) is 0 Å². The van der Waals surface area contributed by atoms with Crippen LogP contribution in [0.1, 0.15) is 27.2 Å². The molecule has 0 heterocycles. The minimum absolute atomic E-state index is 0.230. The fourth-order valence-corrected chi connectivity index (χ4v) is 1.11. The first kappa shape index (κ1) is 11.9. The minimum atomic E-state index is -0.753. The van der Waals surface area contributed by atoms with Crippen LogP contribution in [0.25, 0.3) is 0 Å². The third-order valence-electron chi connectivity index (χ3n) is 1.74. The molecule has 74 valence electrons. The normalized spacial score (nSPS) is 16.5.